The molecule has 0 spiro atoms. The fraction of sp³-hybridized carbons (Fsp3) is 0.444. The van der Waals surface area contributed by atoms with Crippen molar-refractivity contribution in [1.29, 1.82) is 0 Å². The highest BCUT2D eigenvalue weighted by Gasteiger charge is 2.15. The van der Waals surface area contributed by atoms with Crippen LogP contribution in [0.5, 0.6) is 0 Å². The monoisotopic (exact) mass is 194 g/mol. The molecule has 0 fully saturated rings. The van der Waals surface area contributed by atoms with Crippen LogP contribution in [0.3, 0.4) is 0 Å². The summed E-state index contributed by atoms with van der Waals surface area (Å²) in [6, 6.07) is 0. The van der Waals surface area contributed by atoms with Gasteiger partial charge in [0.1, 0.15) is 0 Å². The van der Waals surface area contributed by atoms with Gasteiger partial charge in [-0.1, -0.05) is 0 Å². The molecule has 2 heterocycles. The number of aldehydes is 1. The second kappa shape index (κ2) is 3.46. The molecule has 0 amide bonds. The fourth-order valence-corrected chi connectivity index (χ4v) is 2.53. The van der Waals surface area contributed by atoms with Gasteiger partial charge in [-0.2, -0.15) is 11.8 Å². The van der Waals surface area contributed by atoms with Crippen molar-refractivity contribution in [2.75, 3.05) is 5.75 Å². The van der Waals surface area contributed by atoms with E-state index in [1.54, 1.807) is 0 Å². The van der Waals surface area contributed by atoms with Gasteiger partial charge in [0.05, 0.1) is 0 Å². The summed E-state index contributed by atoms with van der Waals surface area (Å²) in [5, 5.41) is 0. The SMILES string of the molecule is Cc1nc(C=O)nc2c1CSCC2. The highest BCUT2D eigenvalue weighted by Crippen LogP contribution is 2.24. The molecule has 0 saturated heterocycles. The summed E-state index contributed by atoms with van der Waals surface area (Å²) in [7, 11) is 0. The number of aryl methyl sites for hydroxylation is 2. The van der Waals surface area contributed by atoms with E-state index in [4.69, 9.17) is 0 Å². The number of carbonyl (C=O) groups excluding carboxylic acids is 1. The van der Waals surface area contributed by atoms with Crippen LogP contribution in [0, 0.1) is 6.92 Å². The number of fused-ring (bicyclic) bond motifs is 1. The van der Waals surface area contributed by atoms with E-state index >= 15 is 0 Å². The second-order valence-corrected chi connectivity index (χ2v) is 4.12. The summed E-state index contributed by atoms with van der Waals surface area (Å²) in [4.78, 5) is 18.8. The molecular weight excluding hydrogens is 184 g/mol. The molecule has 0 atom stereocenters. The molecule has 0 saturated carbocycles. The first-order valence-corrected chi connectivity index (χ1v) is 5.36. The van der Waals surface area contributed by atoms with Gasteiger partial charge in [-0.15, -0.1) is 0 Å². The Morgan fingerprint density at radius 2 is 2.31 bits per heavy atom. The Balaban J connectivity index is 2.52. The van der Waals surface area contributed by atoms with E-state index in [-0.39, 0.29) is 0 Å². The van der Waals surface area contributed by atoms with Crippen LogP contribution in [0.15, 0.2) is 0 Å². The van der Waals surface area contributed by atoms with Crippen LogP contribution in [0.2, 0.25) is 0 Å². The minimum atomic E-state index is 0.322. The van der Waals surface area contributed by atoms with Gasteiger partial charge in [-0.05, 0) is 19.1 Å². The Bertz CT molecular complexity index is 352. The van der Waals surface area contributed by atoms with Crippen molar-refractivity contribution in [2.24, 2.45) is 0 Å². The third-order valence-corrected chi connectivity index (χ3v) is 3.14. The largest absolute Gasteiger partial charge is 0.294 e. The summed E-state index contributed by atoms with van der Waals surface area (Å²) in [6.07, 6.45) is 1.68. The number of hydrogen-bond donors (Lipinski definition) is 0. The van der Waals surface area contributed by atoms with Crippen LogP contribution in [-0.2, 0) is 12.2 Å². The van der Waals surface area contributed by atoms with Gasteiger partial charge in [0.15, 0.2) is 12.1 Å². The molecule has 1 aromatic heterocycles. The minimum Gasteiger partial charge on any atom is -0.294 e. The van der Waals surface area contributed by atoms with E-state index in [1.807, 2.05) is 18.7 Å². The van der Waals surface area contributed by atoms with E-state index in [2.05, 4.69) is 9.97 Å². The second-order valence-electron chi connectivity index (χ2n) is 3.01. The van der Waals surface area contributed by atoms with Crippen LogP contribution in [0.1, 0.15) is 27.6 Å². The minimum absolute atomic E-state index is 0.322. The molecule has 68 valence electrons. The maximum absolute atomic E-state index is 10.5. The average Bonchev–Trinajstić information content (AvgIpc) is 2.18. The average molecular weight is 194 g/mol. The maximum atomic E-state index is 10.5. The van der Waals surface area contributed by atoms with Gasteiger partial charge in [0.25, 0.3) is 0 Å². The standard InChI is InChI=1S/C9H10N2OS/c1-6-7-5-13-3-2-8(7)11-9(4-12)10-6/h4H,2-3,5H2,1H3. The first kappa shape index (κ1) is 8.69. The van der Waals surface area contributed by atoms with Gasteiger partial charge in [-0.25, -0.2) is 9.97 Å². The molecule has 3 nitrogen and oxygen atoms in total. The van der Waals surface area contributed by atoms with Crippen LogP contribution in [0.4, 0.5) is 0 Å². The summed E-state index contributed by atoms with van der Waals surface area (Å²) in [5.41, 5.74) is 3.24. The van der Waals surface area contributed by atoms with Crippen LogP contribution >= 0.6 is 11.8 Å². The van der Waals surface area contributed by atoms with Gasteiger partial charge in [0, 0.05) is 22.7 Å². The molecular formula is C9H10N2OS. The van der Waals surface area contributed by atoms with E-state index in [0.29, 0.717) is 5.82 Å². The van der Waals surface area contributed by atoms with Gasteiger partial charge in [0.2, 0.25) is 0 Å². The van der Waals surface area contributed by atoms with Crippen molar-refractivity contribution in [2.45, 2.75) is 19.1 Å². The van der Waals surface area contributed by atoms with Crippen molar-refractivity contribution < 1.29 is 4.79 Å². The molecule has 0 unspecified atom stereocenters. The predicted octanol–water partition coefficient (Wildman–Crippen LogP) is 1.39. The molecule has 1 aliphatic rings. The molecule has 0 bridgehead atoms. The Morgan fingerprint density at radius 3 is 3.08 bits per heavy atom. The zero-order chi connectivity index (χ0) is 9.26. The Hall–Kier alpha value is -0.900. The highest BCUT2D eigenvalue weighted by atomic mass is 32.2. The summed E-state index contributed by atoms with van der Waals surface area (Å²) >= 11 is 1.90. The topological polar surface area (TPSA) is 42.9 Å². The Kier molecular flexibility index (Phi) is 2.31. The normalized spacial score (nSPS) is 15.2. The first-order chi connectivity index (χ1) is 6.31. The number of hydrogen-bond acceptors (Lipinski definition) is 4. The van der Waals surface area contributed by atoms with Crippen molar-refractivity contribution in [3.05, 3.63) is 22.8 Å². The molecule has 0 radical (unpaired) electrons. The van der Waals surface area contributed by atoms with Crippen LogP contribution in [-0.4, -0.2) is 22.0 Å². The smallest absolute Gasteiger partial charge is 0.193 e. The lowest BCUT2D eigenvalue weighted by molar-refractivity contribution is 0.111. The van der Waals surface area contributed by atoms with Crippen LogP contribution in [0.25, 0.3) is 0 Å². The number of aromatic nitrogens is 2. The van der Waals surface area contributed by atoms with E-state index in [9.17, 15) is 4.79 Å². The van der Waals surface area contributed by atoms with Crippen molar-refractivity contribution in [3.63, 3.8) is 0 Å². The molecule has 2 rings (SSSR count). The lowest BCUT2D eigenvalue weighted by Gasteiger charge is -2.15. The molecule has 0 N–H and O–H groups in total. The zero-order valence-electron chi connectivity index (χ0n) is 7.41. The molecule has 0 aromatic carbocycles. The van der Waals surface area contributed by atoms with Crippen molar-refractivity contribution in [3.8, 4) is 0 Å². The highest BCUT2D eigenvalue weighted by molar-refractivity contribution is 7.98. The number of carbonyl (C=O) groups is 1. The Morgan fingerprint density at radius 1 is 1.46 bits per heavy atom. The van der Waals surface area contributed by atoms with E-state index < -0.39 is 0 Å². The lowest BCUT2D eigenvalue weighted by atomic mass is 10.1. The van der Waals surface area contributed by atoms with Gasteiger partial charge >= 0.3 is 0 Å². The predicted molar refractivity (Wildman–Crippen MR) is 52.0 cm³/mol. The molecule has 13 heavy (non-hydrogen) atoms. The third-order valence-electron chi connectivity index (χ3n) is 2.15. The molecule has 4 heteroatoms. The molecule has 0 aliphatic carbocycles. The quantitative estimate of drug-likeness (QED) is 0.633. The summed E-state index contributed by atoms with van der Waals surface area (Å²) < 4.78 is 0. The zero-order valence-corrected chi connectivity index (χ0v) is 8.23. The number of nitrogens with zero attached hydrogens (tertiary/aromatic N) is 2. The molecule has 1 aliphatic heterocycles. The summed E-state index contributed by atoms with van der Waals surface area (Å²) in [5.74, 6) is 2.41. The van der Waals surface area contributed by atoms with Crippen LogP contribution < -0.4 is 0 Å². The Labute approximate surface area is 81.0 Å². The van der Waals surface area contributed by atoms with E-state index in [1.165, 1.54) is 5.56 Å². The fourth-order valence-electron chi connectivity index (χ4n) is 1.47. The van der Waals surface area contributed by atoms with E-state index in [0.717, 1.165) is 35.6 Å². The number of thioether (sulfide) groups is 1. The van der Waals surface area contributed by atoms with Crippen molar-refractivity contribution >= 4 is 18.0 Å². The lowest BCUT2D eigenvalue weighted by Crippen LogP contribution is -2.11. The van der Waals surface area contributed by atoms with Crippen molar-refractivity contribution in [1.82, 2.24) is 9.97 Å². The van der Waals surface area contributed by atoms with Gasteiger partial charge in [-0.3, -0.25) is 4.79 Å². The maximum Gasteiger partial charge on any atom is 0.193 e. The van der Waals surface area contributed by atoms with Gasteiger partial charge < -0.3 is 0 Å². The summed E-state index contributed by atoms with van der Waals surface area (Å²) in [6.45, 7) is 1.94. The molecule has 1 aromatic rings. The first-order valence-electron chi connectivity index (χ1n) is 4.20. The number of rotatable bonds is 1. The third kappa shape index (κ3) is 1.58.